The quantitative estimate of drug-likeness (QED) is 0.645. The molecule has 0 saturated heterocycles. The lowest BCUT2D eigenvalue weighted by Gasteiger charge is -2.27. The number of anilines is 1. The molecule has 0 spiro atoms. The lowest BCUT2D eigenvalue weighted by Crippen LogP contribution is -2.23. The standard InChI is InChI=1S/C19H15ClN2O/c1-11-6-7-15-12(8-11)9-14(19(20)22-15)17-10-18(23)13-4-2-3-5-16(13)21-17/h2-9,17,21H,10H2,1H3. The molecule has 0 radical (unpaired) electrons. The molecule has 3 nitrogen and oxygen atoms in total. The fourth-order valence-electron chi connectivity index (χ4n) is 3.11. The van der Waals surface area contributed by atoms with Crippen LogP contribution >= 0.6 is 11.6 Å². The van der Waals surface area contributed by atoms with Crippen molar-refractivity contribution in [1.29, 1.82) is 0 Å². The molecule has 1 aliphatic rings. The number of carbonyl (C=O) groups is 1. The zero-order chi connectivity index (χ0) is 16.0. The number of hydrogen-bond donors (Lipinski definition) is 1. The van der Waals surface area contributed by atoms with E-state index in [1.54, 1.807) is 0 Å². The van der Waals surface area contributed by atoms with Crippen LogP contribution in [0.3, 0.4) is 0 Å². The monoisotopic (exact) mass is 322 g/mol. The molecule has 0 aliphatic carbocycles. The molecule has 1 aliphatic heterocycles. The Kier molecular flexibility index (Phi) is 3.31. The van der Waals surface area contributed by atoms with Gasteiger partial charge in [-0.05, 0) is 37.3 Å². The van der Waals surface area contributed by atoms with Crippen LogP contribution in [0.4, 0.5) is 5.69 Å². The predicted octanol–water partition coefficient (Wildman–Crippen LogP) is 4.94. The topological polar surface area (TPSA) is 42.0 Å². The second-order valence-corrected chi connectivity index (χ2v) is 6.29. The van der Waals surface area contributed by atoms with Crippen LogP contribution < -0.4 is 5.32 Å². The summed E-state index contributed by atoms with van der Waals surface area (Å²) in [7, 11) is 0. The number of pyridine rings is 1. The Morgan fingerprint density at radius 2 is 2.00 bits per heavy atom. The van der Waals surface area contributed by atoms with Gasteiger partial charge < -0.3 is 5.32 Å². The number of hydrogen-bond acceptors (Lipinski definition) is 3. The number of ketones is 1. The second kappa shape index (κ2) is 5.36. The number of Topliss-reactive ketones (excluding diaryl/α,β-unsaturated/α-hetero) is 1. The SMILES string of the molecule is Cc1ccc2nc(Cl)c(C3CC(=O)c4ccccc4N3)cc2c1. The van der Waals surface area contributed by atoms with Crippen molar-refractivity contribution in [2.45, 2.75) is 19.4 Å². The Balaban J connectivity index is 1.80. The highest BCUT2D eigenvalue weighted by molar-refractivity contribution is 6.30. The van der Waals surface area contributed by atoms with Gasteiger partial charge in [0, 0.05) is 28.6 Å². The first-order chi connectivity index (χ1) is 11.1. The molecule has 2 aromatic carbocycles. The number of halogens is 1. The molecule has 0 fully saturated rings. The molecule has 1 aromatic heterocycles. The molecule has 1 N–H and O–H groups in total. The van der Waals surface area contributed by atoms with E-state index in [2.05, 4.69) is 16.4 Å². The summed E-state index contributed by atoms with van der Waals surface area (Å²) in [5, 5.41) is 4.91. The Hall–Kier alpha value is -2.39. The van der Waals surface area contributed by atoms with E-state index in [1.807, 2.05) is 49.4 Å². The summed E-state index contributed by atoms with van der Waals surface area (Å²) in [6.45, 7) is 2.05. The number of fused-ring (bicyclic) bond motifs is 2. The summed E-state index contributed by atoms with van der Waals surface area (Å²) in [6, 6.07) is 15.5. The van der Waals surface area contributed by atoms with Crippen molar-refractivity contribution >= 4 is 34.0 Å². The molecule has 114 valence electrons. The van der Waals surface area contributed by atoms with Gasteiger partial charge in [-0.1, -0.05) is 35.4 Å². The zero-order valence-corrected chi connectivity index (χ0v) is 13.4. The van der Waals surface area contributed by atoms with Crippen LogP contribution in [0.2, 0.25) is 5.15 Å². The smallest absolute Gasteiger partial charge is 0.167 e. The Labute approximate surface area is 139 Å². The number of carbonyl (C=O) groups excluding carboxylic acids is 1. The molecular formula is C19H15ClN2O. The number of nitrogens with one attached hydrogen (secondary N) is 1. The van der Waals surface area contributed by atoms with Crippen molar-refractivity contribution in [3.8, 4) is 0 Å². The maximum Gasteiger partial charge on any atom is 0.167 e. The third kappa shape index (κ3) is 2.47. The Bertz CT molecular complexity index is 936. The van der Waals surface area contributed by atoms with Crippen molar-refractivity contribution < 1.29 is 4.79 Å². The Morgan fingerprint density at radius 3 is 2.87 bits per heavy atom. The summed E-state index contributed by atoms with van der Waals surface area (Å²) >= 11 is 6.39. The van der Waals surface area contributed by atoms with Gasteiger partial charge in [0.25, 0.3) is 0 Å². The van der Waals surface area contributed by atoms with Crippen LogP contribution in [0.1, 0.15) is 33.9 Å². The Morgan fingerprint density at radius 1 is 1.17 bits per heavy atom. The lowest BCUT2D eigenvalue weighted by molar-refractivity contribution is 0.0972. The van der Waals surface area contributed by atoms with Crippen LogP contribution in [-0.4, -0.2) is 10.8 Å². The molecule has 0 saturated carbocycles. The van der Waals surface area contributed by atoms with Crippen molar-refractivity contribution in [2.24, 2.45) is 0 Å². The highest BCUT2D eigenvalue weighted by Gasteiger charge is 2.27. The highest BCUT2D eigenvalue weighted by atomic mass is 35.5. The molecule has 23 heavy (non-hydrogen) atoms. The van der Waals surface area contributed by atoms with E-state index in [4.69, 9.17) is 11.6 Å². The summed E-state index contributed by atoms with van der Waals surface area (Å²) in [6.07, 6.45) is 0.385. The average Bonchev–Trinajstić information content (AvgIpc) is 2.54. The number of nitrogens with zero attached hydrogens (tertiary/aromatic N) is 1. The zero-order valence-electron chi connectivity index (χ0n) is 12.6. The van der Waals surface area contributed by atoms with E-state index in [1.165, 1.54) is 5.56 Å². The van der Waals surface area contributed by atoms with Gasteiger partial charge in [0.2, 0.25) is 0 Å². The van der Waals surface area contributed by atoms with Gasteiger partial charge in [-0.15, -0.1) is 0 Å². The van der Waals surface area contributed by atoms with Crippen LogP contribution in [0.5, 0.6) is 0 Å². The van der Waals surface area contributed by atoms with E-state index in [-0.39, 0.29) is 11.8 Å². The van der Waals surface area contributed by atoms with Crippen molar-refractivity contribution in [3.05, 3.63) is 70.4 Å². The van der Waals surface area contributed by atoms with Gasteiger partial charge in [0.15, 0.2) is 5.78 Å². The molecule has 4 rings (SSSR count). The van der Waals surface area contributed by atoms with E-state index in [0.717, 1.165) is 27.7 Å². The lowest BCUT2D eigenvalue weighted by atomic mass is 9.92. The first-order valence-electron chi connectivity index (χ1n) is 7.57. The molecule has 1 unspecified atom stereocenters. The van der Waals surface area contributed by atoms with Gasteiger partial charge in [0.1, 0.15) is 5.15 Å². The van der Waals surface area contributed by atoms with Gasteiger partial charge in [-0.25, -0.2) is 4.98 Å². The highest BCUT2D eigenvalue weighted by Crippen LogP contribution is 2.36. The van der Waals surface area contributed by atoms with Crippen molar-refractivity contribution in [1.82, 2.24) is 4.98 Å². The van der Waals surface area contributed by atoms with Gasteiger partial charge in [0.05, 0.1) is 11.6 Å². The molecule has 0 bridgehead atoms. The third-order valence-corrected chi connectivity index (χ3v) is 4.58. The van der Waals surface area contributed by atoms with Gasteiger partial charge in [-0.3, -0.25) is 4.79 Å². The number of para-hydroxylation sites is 1. The van der Waals surface area contributed by atoms with Gasteiger partial charge in [-0.2, -0.15) is 0 Å². The molecule has 1 atom stereocenters. The summed E-state index contributed by atoms with van der Waals surface area (Å²) in [5.74, 6) is 0.129. The van der Waals surface area contributed by atoms with Crippen LogP contribution in [-0.2, 0) is 0 Å². The average molecular weight is 323 g/mol. The predicted molar refractivity (Wildman–Crippen MR) is 93.2 cm³/mol. The van der Waals surface area contributed by atoms with E-state index in [9.17, 15) is 4.79 Å². The van der Waals surface area contributed by atoms with Gasteiger partial charge >= 0.3 is 0 Å². The molecule has 2 heterocycles. The minimum Gasteiger partial charge on any atom is -0.377 e. The molecular weight excluding hydrogens is 308 g/mol. The minimum atomic E-state index is -0.151. The normalized spacial score (nSPS) is 17.0. The van der Waals surface area contributed by atoms with Crippen molar-refractivity contribution in [2.75, 3.05) is 5.32 Å². The number of benzene rings is 2. The summed E-state index contributed by atoms with van der Waals surface area (Å²) < 4.78 is 0. The van der Waals surface area contributed by atoms with E-state index >= 15 is 0 Å². The minimum absolute atomic E-state index is 0.129. The van der Waals surface area contributed by atoms with E-state index < -0.39 is 0 Å². The maximum absolute atomic E-state index is 12.4. The van der Waals surface area contributed by atoms with Crippen LogP contribution in [0.15, 0.2) is 48.5 Å². The van der Waals surface area contributed by atoms with E-state index in [0.29, 0.717) is 11.6 Å². The van der Waals surface area contributed by atoms with Crippen LogP contribution in [0.25, 0.3) is 10.9 Å². The van der Waals surface area contributed by atoms with Crippen LogP contribution in [0, 0.1) is 6.92 Å². The first kappa shape index (κ1) is 14.2. The molecule has 4 heteroatoms. The molecule has 0 amide bonds. The largest absolute Gasteiger partial charge is 0.377 e. The third-order valence-electron chi connectivity index (χ3n) is 4.27. The maximum atomic E-state index is 12.4. The first-order valence-corrected chi connectivity index (χ1v) is 7.95. The second-order valence-electron chi connectivity index (χ2n) is 5.93. The number of aryl methyl sites for hydroxylation is 1. The fourth-order valence-corrected chi connectivity index (χ4v) is 3.38. The fraction of sp³-hybridized carbons (Fsp3) is 0.158. The van der Waals surface area contributed by atoms with Crippen molar-refractivity contribution in [3.63, 3.8) is 0 Å². The summed E-state index contributed by atoms with van der Waals surface area (Å²) in [5.41, 5.74) is 4.50. The number of rotatable bonds is 1. The number of aromatic nitrogens is 1. The summed E-state index contributed by atoms with van der Waals surface area (Å²) in [4.78, 5) is 16.9. The molecule has 3 aromatic rings.